The van der Waals surface area contributed by atoms with Crippen molar-refractivity contribution < 1.29 is 23.8 Å². The number of amides is 1. The Morgan fingerprint density at radius 2 is 1.74 bits per heavy atom. The van der Waals surface area contributed by atoms with Crippen molar-refractivity contribution in [2.24, 2.45) is 5.92 Å². The van der Waals surface area contributed by atoms with Gasteiger partial charge in [-0.25, -0.2) is 4.79 Å². The SMILES string of the molecule is COc1ccc(/C=C(\NC(=O)c2ccccc2)C(=O)OC[C@@H]2CCCN3CCCC[C@H]23)cc1OC. The molecule has 0 radical (unpaired) electrons. The van der Waals surface area contributed by atoms with Crippen LogP contribution in [0.15, 0.2) is 54.2 Å². The Bertz CT molecular complexity index is 1050. The minimum Gasteiger partial charge on any atom is -0.493 e. The van der Waals surface area contributed by atoms with Crippen LogP contribution in [0.2, 0.25) is 0 Å². The topological polar surface area (TPSA) is 77.1 Å². The Balaban J connectivity index is 1.53. The molecule has 2 saturated heterocycles. The third kappa shape index (κ3) is 6.22. The summed E-state index contributed by atoms with van der Waals surface area (Å²) in [5.74, 6) is 0.516. The Labute approximate surface area is 207 Å². The first-order valence-corrected chi connectivity index (χ1v) is 12.3. The molecule has 2 aliphatic heterocycles. The van der Waals surface area contributed by atoms with Gasteiger partial charge in [0, 0.05) is 17.5 Å². The number of ether oxygens (including phenoxy) is 3. The minimum atomic E-state index is -0.544. The zero-order chi connectivity index (χ0) is 24.6. The highest BCUT2D eigenvalue weighted by Gasteiger charge is 2.34. The van der Waals surface area contributed by atoms with Gasteiger partial charge >= 0.3 is 5.97 Å². The fourth-order valence-corrected chi connectivity index (χ4v) is 5.07. The van der Waals surface area contributed by atoms with E-state index in [0.717, 1.165) is 32.4 Å². The predicted octanol–water partition coefficient (Wildman–Crippen LogP) is 4.28. The van der Waals surface area contributed by atoms with Gasteiger partial charge in [0.05, 0.1) is 20.8 Å². The number of carbonyl (C=O) groups is 2. The average Bonchev–Trinajstić information content (AvgIpc) is 2.91. The quantitative estimate of drug-likeness (QED) is 0.451. The monoisotopic (exact) mass is 478 g/mol. The zero-order valence-corrected chi connectivity index (χ0v) is 20.5. The van der Waals surface area contributed by atoms with Gasteiger partial charge in [-0.2, -0.15) is 0 Å². The first-order chi connectivity index (χ1) is 17.1. The highest BCUT2D eigenvalue weighted by Crippen LogP contribution is 2.31. The van der Waals surface area contributed by atoms with Gasteiger partial charge in [0.2, 0.25) is 0 Å². The van der Waals surface area contributed by atoms with E-state index in [-0.39, 0.29) is 11.6 Å². The molecule has 2 aromatic carbocycles. The van der Waals surface area contributed by atoms with Crippen molar-refractivity contribution in [3.8, 4) is 11.5 Å². The van der Waals surface area contributed by atoms with Crippen molar-refractivity contribution in [1.29, 1.82) is 0 Å². The van der Waals surface area contributed by atoms with Gasteiger partial charge in [0.25, 0.3) is 5.91 Å². The van der Waals surface area contributed by atoms with Crippen LogP contribution in [0.5, 0.6) is 11.5 Å². The second-order valence-electron chi connectivity index (χ2n) is 9.09. The molecular formula is C28H34N2O5. The summed E-state index contributed by atoms with van der Waals surface area (Å²) in [6.45, 7) is 2.61. The lowest BCUT2D eigenvalue weighted by Gasteiger charge is -2.44. The summed E-state index contributed by atoms with van der Waals surface area (Å²) in [5.41, 5.74) is 1.23. The van der Waals surface area contributed by atoms with Crippen molar-refractivity contribution >= 4 is 18.0 Å². The molecule has 1 amide bonds. The lowest BCUT2D eigenvalue weighted by molar-refractivity contribution is -0.142. The summed E-state index contributed by atoms with van der Waals surface area (Å²) in [6, 6.07) is 14.6. The molecule has 186 valence electrons. The number of piperidine rings is 2. The highest BCUT2D eigenvalue weighted by molar-refractivity contribution is 6.03. The van der Waals surface area contributed by atoms with Gasteiger partial charge in [0.15, 0.2) is 11.5 Å². The summed E-state index contributed by atoms with van der Waals surface area (Å²) in [6.07, 6.45) is 7.41. The number of carbonyl (C=O) groups excluding carboxylic acids is 2. The maximum Gasteiger partial charge on any atom is 0.354 e. The third-order valence-electron chi connectivity index (χ3n) is 6.88. The van der Waals surface area contributed by atoms with Crippen molar-refractivity contribution in [2.45, 2.75) is 38.1 Å². The lowest BCUT2D eigenvalue weighted by atomic mass is 9.84. The largest absolute Gasteiger partial charge is 0.493 e. The minimum absolute atomic E-state index is 0.0855. The van der Waals surface area contributed by atoms with E-state index in [1.807, 2.05) is 6.07 Å². The van der Waals surface area contributed by atoms with E-state index in [1.54, 1.807) is 62.8 Å². The van der Waals surface area contributed by atoms with Crippen LogP contribution < -0.4 is 14.8 Å². The number of methoxy groups -OCH3 is 2. The maximum atomic E-state index is 13.2. The van der Waals surface area contributed by atoms with Crippen molar-refractivity contribution in [3.63, 3.8) is 0 Å². The normalized spacial score (nSPS) is 20.5. The highest BCUT2D eigenvalue weighted by atomic mass is 16.5. The number of nitrogens with zero attached hydrogens (tertiary/aromatic N) is 1. The van der Waals surface area contributed by atoms with Crippen LogP contribution in [0.1, 0.15) is 48.0 Å². The predicted molar refractivity (Wildman–Crippen MR) is 134 cm³/mol. The van der Waals surface area contributed by atoms with Gasteiger partial charge in [-0.05, 0) is 74.7 Å². The number of nitrogens with one attached hydrogen (secondary N) is 1. The first kappa shape index (κ1) is 24.8. The molecule has 2 fully saturated rings. The Morgan fingerprint density at radius 1 is 0.971 bits per heavy atom. The second-order valence-corrected chi connectivity index (χ2v) is 9.09. The number of esters is 1. The molecule has 0 aliphatic carbocycles. The molecule has 0 spiro atoms. The lowest BCUT2D eigenvalue weighted by Crippen LogP contribution is -2.49. The third-order valence-corrected chi connectivity index (χ3v) is 6.88. The second kappa shape index (κ2) is 11.9. The van der Waals surface area contributed by atoms with E-state index >= 15 is 0 Å². The molecule has 4 rings (SSSR count). The van der Waals surface area contributed by atoms with Gasteiger partial charge in [-0.15, -0.1) is 0 Å². The molecule has 2 aromatic rings. The van der Waals surface area contributed by atoms with Crippen LogP contribution in [-0.2, 0) is 9.53 Å². The summed E-state index contributed by atoms with van der Waals surface area (Å²) < 4.78 is 16.5. The number of hydrogen-bond acceptors (Lipinski definition) is 6. The number of fused-ring (bicyclic) bond motifs is 1. The molecule has 2 aliphatic rings. The van der Waals surface area contributed by atoms with Crippen molar-refractivity contribution in [1.82, 2.24) is 10.2 Å². The van der Waals surface area contributed by atoms with Crippen molar-refractivity contribution in [2.75, 3.05) is 33.9 Å². The van der Waals surface area contributed by atoms with E-state index in [0.29, 0.717) is 41.2 Å². The molecule has 7 nitrogen and oxygen atoms in total. The first-order valence-electron chi connectivity index (χ1n) is 12.3. The summed E-state index contributed by atoms with van der Waals surface area (Å²) in [5, 5.41) is 2.76. The molecule has 7 heteroatoms. The average molecular weight is 479 g/mol. The van der Waals surface area contributed by atoms with Gasteiger partial charge in [-0.3, -0.25) is 9.69 Å². The Kier molecular flexibility index (Phi) is 8.42. The Morgan fingerprint density at radius 3 is 2.51 bits per heavy atom. The molecular weight excluding hydrogens is 444 g/mol. The summed E-state index contributed by atoms with van der Waals surface area (Å²) in [4.78, 5) is 28.6. The van der Waals surface area contributed by atoms with Gasteiger partial charge < -0.3 is 19.5 Å². The van der Waals surface area contributed by atoms with Crippen LogP contribution >= 0.6 is 0 Å². The molecule has 0 aromatic heterocycles. The number of hydrogen-bond donors (Lipinski definition) is 1. The zero-order valence-electron chi connectivity index (χ0n) is 20.5. The molecule has 1 N–H and O–H groups in total. The van der Waals surface area contributed by atoms with Crippen LogP contribution in [0.4, 0.5) is 0 Å². The number of benzene rings is 2. The maximum absolute atomic E-state index is 13.2. The van der Waals surface area contributed by atoms with E-state index in [4.69, 9.17) is 14.2 Å². The van der Waals surface area contributed by atoms with Gasteiger partial charge in [0.1, 0.15) is 5.70 Å². The molecule has 2 heterocycles. The fourth-order valence-electron chi connectivity index (χ4n) is 5.07. The molecule has 35 heavy (non-hydrogen) atoms. The van der Waals surface area contributed by atoms with Crippen LogP contribution in [0, 0.1) is 5.92 Å². The molecule has 2 atom stereocenters. The summed E-state index contributed by atoms with van der Waals surface area (Å²) in [7, 11) is 3.12. The Hall–Kier alpha value is -3.32. The standard InChI is InChI=1S/C28H34N2O5/c1-33-25-14-13-20(18-26(25)34-2)17-23(29-27(31)21-9-4-3-5-10-21)28(32)35-19-22-11-8-16-30-15-7-6-12-24(22)30/h3-5,9-10,13-14,17-18,22,24H,6-8,11-12,15-16,19H2,1-2H3,(H,29,31)/b23-17-/t22-,24+/m0/s1. The van der Waals surface area contributed by atoms with Crippen LogP contribution in [-0.4, -0.2) is 56.7 Å². The smallest absolute Gasteiger partial charge is 0.354 e. The van der Waals surface area contributed by atoms with E-state index in [9.17, 15) is 9.59 Å². The van der Waals surface area contributed by atoms with Gasteiger partial charge in [-0.1, -0.05) is 30.7 Å². The number of rotatable bonds is 8. The molecule has 0 bridgehead atoms. The molecule has 0 unspecified atom stereocenters. The van der Waals surface area contributed by atoms with E-state index in [2.05, 4.69) is 10.2 Å². The van der Waals surface area contributed by atoms with Crippen molar-refractivity contribution in [3.05, 3.63) is 65.4 Å². The van der Waals surface area contributed by atoms with Crippen LogP contribution in [0.3, 0.4) is 0 Å². The van der Waals surface area contributed by atoms with E-state index < -0.39 is 5.97 Å². The van der Waals surface area contributed by atoms with E-state index in [1.165, 1.54) is 12.8 Å². The molecule has 0 saturated carbocycles. The van der Waals surface area contributed by atoms with Crippen LogP contribution in [0.25, 0.3) is 6.08 Å². The fraction of sp³-hybridized carbons (Fsp3) is 0.429. The summed E-state index contributed by atoms with van der Waals surface area (Å²) >= 11 is 0.